The second-order valence-electron chi connectivity index (χ2n) is 24.3. The summed E-state index contributed by atoms with van der Waals surface area (Å²) < 4.78 is 30.4. The van der Waals surface area contributed by atoms with Crippen molar-refractivity contribution < 1.29 is 37.3 Å². The highest BCUT2D eigenvalue weighted by Crippen LogP contribution is 2.38. The molecule has 0 rings (SSSR count). The number of allylic oxidation sites excluding steroid dienone is 15. The highest BCUT2D eigenvalue weighted by atomic mass is 31.2. The minimum atomic E-state index is -4.71. The maximum atomic E-state index is 13.6. The van der Waals surface area contributed by atoms with Gasteiger partial charge in [0.15, 0.2) is 0 Å². The van der Waals surface area contributed by atoms with E-state index in [9.17, 15) is 19.0 Å². The zero-order chi connectivity index (χ0) is 60.7. The molecular weight excluding hydrogens is 1050 g/mol. The lowest BCUT2D eigenvalue weighted by Crippen LogP contribution is -2.47. The Morgan fingerprint density at radius 2 is 0.771 bits per heavy atom. The third-order valence-corrected chi connectivity index (χ3v) is 16.0. The number of carbonyl (C=O) groups excluding carboxylic acids is 2. The van der Waals surface area contributed by atoms with Gasteiger partial charge in [-0.25, -0.2) is 0 Å². The minimum absolute atomic E-state index is 0.0274. The molecule has 0 bridgehead atoms. The number of nitrogens with zero attached hydrogens (tertiary/aromatic N) is 1. The number of quaternary nitrogens is 1. The average Bonchev–Trinajstić information content (AvgIpc) is 3.51. The second kappa shape index (κ2) is 62.0. The van der Waals surface area contributed by atoms with E-state index < -0.39 is 26.6 Å². The van der Waals surface area contributed by atoms with Gasteiger partial charge in [-0.1, -0.05) is 279 Å². The van der Waals surface area contributed by atoms with Crippen LogP contribution >= 0.6 is 7.82 Å². The van der Waals surface area contributed by atoms with Gasteiger partial charge in [-0.2, -0.15) is 0 Å². The third kappa shape index (κ3) is 63.3. The first kappa shape index (κ1) is 79.9. The monoisotopic (exact) mass is 1180 g/mol. The molecule has 0 heterocycles. The van der Waals surface area contributed by atoms with E-state index in [1.54, 1.807) is 0 Å². The SMILES string of the molecule is CC/C=C\C/C=C\C/C=C\C/C=C\C/C=C\CCCCCCCCCCCC(=O)NC(COP(=O)([O-])OCC[N+](C)(C)C)C(/C=C\CCCCCCCCCCC)OC(=O)CCCCCCCCCCCCC/C=C\C/C=C\CCCCC. The summed E-state index contributed by atoms with van der Waals surface area (Å²) in [6.07, 6.45) is 83.8. The molecule has 9 nitrogen and oxygen atoms in total. The van der Waals surface area contributed by atoms with Gasteiger partial charge in [0.1, 0.15) is 19.3 Å². The highest BCUT2D eigenvalue weighted by molar-refractivity contribution is 7.45. The number of hydrogen-bond acceptors (Lipinski definition) is 7. The number of hydrogen-bond donors (Lipinski definition) is 1. The lowest BCUT2D eigenvalue weighted by atomic mass is 10.0. The number of phosphoric acid groups is 1. The van der Waals surface area contributed by atoms with Crippen LogP contribution in [0.1, 0.15) is 303 Å². The molecule has 0 aromatic heterocycles. The molecule has 1 amide bonds. The van der Waals surface area contributed by atoms with Gasteiger partial charge < -0.3 is 28.5 Å². The van der Waals surface area contributed by atoms with Crippen LogP contribution in [-0.4, -0.2) is 69.4 Å². The summed E-state index contributed by atoms with van der Waals surface area (Å²) >= 11 is 0. The number of amides is 1. The first-order valence-electron chi connectivity index (χ1n) is 34.5. The Bertz CT molecular complexity index is 1740. The summed E-state index contributed by atoms with van der Waals surface area (Å²) in [5.41, 5.74) is 0. The van der Waals surface area contributed by atoms with E-state index in [1.165, 1.54) is 161 Å². The van der Waals surface area contributed by atoms with Crippen LogP contribution in [0.2, 0.25) is 0 Å². The summed E-state index contributed by atoms with van der Waals surface area (Å²) in [6, 6.07) is -0.898. The van der Waals surface area contributed by atoms with Crippen LogP contribution in [0.4, 0.5) is 0 Å². The molecule has 0 saturated carbocycles. The van der Waals surface area contributed by atoms with Crippen LogP contribution in [-0.2, 0) is 27.9 Å². The van der Waals surface area contributed by atoms with E-state index in [0.717, 1.165) is 109 Å². The van der Waals surface area contributed by atoms with Gasteiger partial charge in [0.05, 0.1) is 33.8 Å². The van der Waals surface area contributed by atoms with Crippen LogP contribution in [0.3, 0.4) is 0 Å². The van der Waals surface area contributed by atoms with E-state index in [2.05, 4.69) is 111 Å². The Kier molecular flexibility index (Phi) is 59.7. The standard InChI is InChI=1S/C73H131N2O7P/c1-7-10-13-16-19-22-25-27-29-31-33-35-36-37-38-40-41-43-45-47-50-53-56-59-62-65-72(76)74-70(69-81-83(78,79)80-68-67-75(4,5)6)71(64-61-58-55-52-49-24-21-18-15-12-9-3)82-73(77)66-63-60-57-54-51-48-46-44-42-39-34-32-30-28-26-23-20-17-14-11-8-2/h10,13,19-20,22-23,27-30,33,35,37-38,61,64,70-71H,7-9,11-12,14-18,21,24-26,31-32,34,36,39-60,62-63,65-69H2,1-6H3,(H-,74,76,78,79)/b13-10-,22-19-,23-20-,29-27-,30-28-,35-33-,38-37-,64-61-. The molecule has 0 saturated heterocycles. The highest BCUT2D eigenvalue weighted by Gasteiger charge is 2.27. The van der Waals surface area contributed by atoms with Gasteiger partial charge >= 0.3 is 5.97 Å². The molecule has 0 radical (unpaired) electrons. The zero-order valence-electron chi connectivity index (χ0n) is 54.9. The quantitative estimate of drug-likeness (QED) is 0.0212. The lowest BCUT2D eigenvalue weighted by molar-refractivity contribution is -0.870. The second-order valence-corrected chi connectivity index (χ2v) is 25.7. The largest absolute Gasteiger partial charge is 0.756 e. The summed E-state index contributed by atoms with van der Waals surface area (Å²) in [4.78, 5) is 40.1. The predicted molar refractivity (Wildman–Crippen MR) is 358 cm³/mol. The number of carbonyl (C=O) groups is 2. The van der Waals surface area contributed by atoms with Crippen molar-refractivity contribution in [2.75, 3.05) is 40.9 Å². The predicted octanol–water partition coefficient (Wildman–Crippen LogP) is 21.3. The van der Waals surface area contributed by atoms with Gasteiger partial charge in [-0.05, 0) is 109 Å². The maximum Gasteiger partial charge on any atom is 0.306 e. The van der Waals surface area contributed by atoms with Gasteiger partial charge in [-0.15, -0.1) is 0 Å². The third-order valence-electron chi connectivity index (χ3n) is 15.0. The summed E-state index contributed by atoms with van der Waals surface area (Å²) in [5, 5.41) is 3.04. The normalized spacial score (nSPS) is 14.2. The van der Waals surface area contributed by atoms with Crippen molar-refractivity contribution in [3.63, 3.8) is 0 Å². The number of esters is 1. The molecule has 0 fully saturated rings. The fourth-order valence-corrected chi connectivity index (χ4v) is 10.4. The van der Waals surface area contributed by atoms with Gasteiger partial charge in [0.25, 0.3) is 7.82 Å². The molecule has 3 unspecified atom stereocenters. The van der Waals surface area contributed by atoms with Crippen LogP contribution in [0, 0.1) is 0 Å². The summed E-state index contributed by atoms with van der Waals surface area (Å²) in [6.45, 7) is 6.71. The molecule has 0 aliphatic carbocycles. The number of likely N-dealkylation sites (N-methyl/N-ethyl adjacent to an activating group) is 1. The fourth-order valence-electron chi connectivity index (χ4n) is 9.70. The Hall–Kier alpha value is -3.07. The molecule has 1 N–H and O–H groups in total. The van der Waals surface area contributed by atoms with Crippen LogP contribution in [0.25, 0.3) is 0 Å². The van der Waals surface area contributed by atoms with Crippen LogP contribution in [0.15, 0.2) is 97.2 Å². The zero-order valence-corrected chi connectivity index (χ0v) is 55.8. The minimum Gasteiger partial charge on any atom is -0.756 e. The smallest absolute Gasteiger partial charge is 0.306 e. The van der Waals surface area contributed by atoms with Crippen molar-refractivity contribution in [1.82, 2.24) is 5.32 Å². The number of unbranched alkanes of at least 4 members (excludes halogenated alkanes) is 32. The first-order valence-corrected chi connectivity index (χ1v) is 36.0. The number of phosphoric ester groups is 1. The van der Waals surface area contributed by atoms with Crippen LogP contribution < -0.4 is 10.2 Å². The number of nitrogens with one attached hydrogen (secondary N) is 1. The molecule has 10 heteroatoms. The number of rotatable bonds is 62. The van der Waals surface area contributed by atoms with Crippen molar-refractivity contribution in [3.8, 4) is 0 Å². The Labute approximate surface area is 513 Å². The molecule has 83 heavy (non-hydrogen) atoms. The number of ether oxygens (including phenoxy) is 1. The van der Waals surface area contributed by atoms with E-state index in [0.29, 0.717) is 17.4 Å². The topological polar surface area (TPSA) is 114 Å². The van der Waals surface area contributed by atoms with E-state index in [1.807, 2.05) is 33.3 Å². The average molecular weight is 1180 g/mol. The van der Waals surface area contributed by atoms with Gasteiger partial charge in [-0.3, -0.25) is 14.2 Å². The van der Waals surface area contributed by atoms with Crippen molar-refractivity contribution in [1.29, 1.82) is 0 Å². The molecular formula is C73H131N2O7P. The fraction of sp³-hybridized carbons (Fsp3) is 0.753. The first-order chi connectivity index (χ1) is 40.4. The van der Waals surface area contributed by atoms with E-state index >= 15 is 0 Å². The Morgan fingerprint density at radius 3 is 1.18 bits per heavy atom. The van der Waals surface area contributed by atoms with Gasteiger partial charge in [0, 0.05) is 12.8 Å². The van der Waals surface area contributed by atoms with E-state index in [-0.39, 0.29) is 24.9 Å². The van der Waals surface area contributed by atoms with Crippen molar-refractivity contribution in [2.45, 2.75) is 315 Å². The molecule has 0 aromatic carbocycles. The van der Waals surface area contributed by atoms with Crippen LogP contribution in [0.5, 0.6) is 0 Å². The van der Waals surface area contributed by atoms with E-state index in [4.69, 9.17) is 13.8 Å². The van der Waals surface area contributed by atoms with Crippen molar-refractivity contribution in [2.24, 2.45) is 0 Å². The Balaban J connectivity index is 5.08. The summed E-state index contributed by atoms with van der Waals surface area (Å²) in [5.74, 6) is -0.548. The molecule has 480 valence electrons. The summed E-state index contributed by atoms with van der Waals surface area (Å²) in [7, 11) is 1.17. The molecule has 0 aliphatic rings. The molecule has 3 atom stereocenters. The molecule has 0 spiro atoms. The lowest BCUT2D eigenvalue weighted by Gasteiger charge is -2.30. The Morgan fingerprint density at radius 1 is 0.434 bits per heavy atom. The molecule has 0 aromatic rings. The molecule has 0 aliphatic heterocycles. The maximum absolute atomic E-state index is 13.6. The van der Waals surface area contributed by atoms with Crippen molar-refractivity contribution in [3.05, 3.63) is 97.2 Å². The van der Waals surface area contributed by atoms with Crippen molar-refractivity contribution >= 4 is 19.7 Å². The van der Waals surface area contributed by atoms with Gasteiger partial charge in [0.2, 0.25) is 5.91 Å².